The molecule has 0 spiro atoms. The van der Waals surface area contributed by atoms with Crippen molar-refractivity contribution < 1.29 is 0 Å². The van der Waals surface area contributed by atoms with E-state index in [1.54, 1.807) is 18.1 Å². The highest BCUT2D eigenvalue weighted by atomic mass is 32.2. The number of piperidine rings is 1. The summed E-state index contributed by atoms with van der Waals surface area (Å²) in [6.07, 6.45) is 6.75. The minimum absolute atomic E-state index is 0.438. The summed E-state index contributed by atoms with van der Waals surface area (Å²) in [5, 5.41) is 12.8. The first-order valence-electron chi connectivity index (χ1n) is 7.98. The normalized spacial score (nSPS) is 15.7. The number of aromatic nitrogens is 4. The number of nitrogens with one attached hydrogen (secondary N) is 1. The van der Waals surface area contributed by atoms with Gasteiger partial charge in [0.05, 0.1) is 0 Å². The summed E-state index contributed by atoms with van der Waals surface area (Å²) < 4.78 is 0. The maximum Gasteiger partial charge on any atom is 0.148 e. The van der Waals surface area contributed by atoms with Crippen LogP contribution in [-0.2, 0) is 6.42 Å². The fourth-order valence-electron chi connectivity index (χ4n) is 2.72. The van der Waals surface area contributed by atoms with Crippen LogP contribution in [0.25, 0.3) is 0 Å². The second-order valence-corrected chi connectivity index (χ2v) is 6.41. The average molecular weight is 330 g/mol. The molecule has 3 heterocycles. The Labute approximate surface area is 141 Å². The summed E-state index contributed by atoms with van der Waals surface area (Å²) in [6.45, 7) is 4.11. The van der Waals surface area contributed by atoms with Gasteiger partial charge in [-0.15, -0.1) is 22.0 Å². The molecule has 1 fully saturated rings. The van der Waals surface area contributed by atoms with Crippen molar-refractivity contribution in [1.29, 1.82) is 0 Å². The lowest BCUT2D eigenvalue weighted by molar-refractivity contribution is 0.521. The average Bonchev–Trinajstić information content (AvgIpc) is 2.63. The summed E-state index contributed by atoms with van der Waals surface area (Å²) in [5.41, 5.74) is 1.10. The SMILES string of the molecule is CCc1cc(N2CCC(Nc3ccc(SC)nn3)CC2)ncn1. The molecule has 2 aromatic rings. The highest BCUT2D eigenvalue weighted by Crippen LogP contribution is 2.20. The van der Waals surface area contributed by atoms with Crippen molar-refractivity contribution in [2.24, 2.45) is 0 Å². The summed E-state index contributed by atoms with van der Waals surface area (Å²) in [4.78, 5) is 11.0. The van der Waals surface area contributed by atoms with Crippen LogP contribution < -0.4 is 10.2 Å². The molecule has 0 aliphatic carbocycles. The first-order valence-corrected chi connectivity index (χ1v) is 9.21. The predicted molar refractivity (Wildman–Crippen MR) is 94.1 cm³/mol. The van der Waals surface area contributed by atoms with Gasteiger partial charge in [0, 0.05) is 30.9 Å². The summed E-state index contributed by atoms with van der Waals surface area (Å²) in [6, 6.07) is 6.54. The number of thioether (sulfide) groups is 1. The van der Waals surface area contributed by atoms with E-state index in [9.17, 15) is 0 Å². The van der Waals surface area contributed by atoms with Gasteiger partial charge in [-0.2, -0.15) is 0 Å². The molecule has 23 heavy (non-hydrogen) atoms. The monoisotopic (exact) mass is 330 g/mol. The van der Waals surface area contributed by atoms with Gasteiger partial charge in [0.15, 0.2) is 0 Å². The maximum atomic E-state index is 4.41. The molecular weight excluding hydrogens is 308 g/mol. The van der Waals surface area contributed by atoms with Gasteiger partial charge in [0.2, 0.25) is 0 Å². The maximum absolute atomic E-state index is 4.41. The molecule has 1 saturated heterocycles. The van der Waals surface area contributed by atoms with Crippen LogP contribution in [0.5, 0.6) is 0 Å². The second kappa shape index (κ2) is 7.59. The minimum atomic E-state index is 0.438. The van der Waals surface area contributed by atoms with Gasteiger partial charge in [-0.1, -0.05) is 6.92 Å². The third-order valence-electron chi connectivity index (χ3n) is 4.09. The molecule has 122 valence electrons. The molecule has 7 heteroatoms. The van der Waals surface area contributed by atoms with E-state index in [-0.39, 0.29) is 0 Å². The van der Waals surface area contributed by atoms with Crippen molar-refractivity contribution in [2.75, 3.05) is 29.6 Å². The van der Waals surface area contributed by atoms with Crippen LogP contribution in [0.3, 0.4) is 0 Å². The number of anilines is 2. The molecule has 0 bridgehead atoms. The Morgan fingerprint density at radius 2 is 2.04 bits per heavy atom. The largest absolute Gasteiger partial charge is 0.366 e. The standard InChI is InChI=1S/C16H22N6S/c1-3-12-10-15(18-11-17-12)22-8-6-13(7-9-22)19-14-4-5-16(23-2)21-20-14/h4-5,10-11,13H,3,6-9H2,1-2H3,(H,19,20). The fraction of sp³-hybridized carbons (Fsp3) is 0.500. The molecule has 6 nitrogen and oxygen atoms in total. The van der Waals surface area contributed by atoms with Gasteiger partial charge in [-0.3, -0.25) is 0 Å². The zero-order chi connectivity index (χ0) is 16.1. The lowest BCUT2D eigenvalue weighted by Crippen LogP contribution is -2.39. The Hall–Kier alpha value is -1.89. The molecule has 0 saturated carbocycles. The quantitative estimate of drug-likeness (QED) is 0.845. The molecule has 1 aliphatic rings. The summed E-state index contributed by atoms with van der Waals surface area (Å²) in [7, 11) is 0. The van der Waals surface area contributed by atoms with E-state index in [1.165, 1.54) is 0 Å². The molecule has 1 aliphatic heterocycles. The number of nitrogens with zero attached hydrogens (tertiary/aromatic N) is 5. The predicted octanol–water partition coefficient (Wildman–Crippen LogP) is 2.63. The molecular formula is C16H22N6S. The zero-order valence-electron chi connectivity index (χ0n) is 13.6. The van der Waals surface area contributed by atoms with Crippen molar-refractivity contribution in [3.8, 4) is 0 Å². The van der Waals surface area contributed by atoms with Crippen LogP contribution >= 0.6 is 11.8 Å². The minimum Gasteiger partial charge on any atom is -0.366 e. The zero-order valence-corrected chi connectivity index (χ0v) is 14.4. The lowest BCUT2D eigenvalue weighted by atomic mass is 10.0. The van der Waals surface area contributed by atoms with E-state index >= 15 is 0 Å². The third kappa shape index (κ3) is 4.10. The molecule has 0 unspecified atom stereocenters. The van der Waals surface area contributed by atoms with Crippen LogP contribution in [0.4, 0.5) is 11.6 Å². The van der Waals surface area contributed by atoms with Crippen molar-refractivity contribution >= 4 is 23.4 Å². The summed E-state index contributed by atoms with van der Waals surface area (Å²) in [5.74, 6) is 1.90. The highest BCUT2D eigenvalue weighted by Gasteiger charge is 2.20. The van der Waals surface area contributed by atoms with E-state index in [4.69, 9.17) is 0 Å². The van der Waals surface area contributed by atoms with Crippen molar-refractivity contribution in [3.63, 3.8) is 0 Å². The van der Waals surface area contributed by atoms with Crippen LogP contribution in [0.2, 0.25) is 0 Å². The molecule has 0 amide bonds. The molecule has 0 aromatic carbocycles. The van der Waals surface area contributed by atoms with Gasteiger partial charge in [0.25, 0.3) is 0 Å². The van der Waals surface area contributed by atoms with Crippen LogP contribution in [0.1, 0.15) is 25.5 Å². The van der Waals surface area contributed by atoms with E-state index in [2.05, 4.69) is 43.4 Å². The fourth-order valence-corrected chi connectivity index (χ4v) is 3.05. The third-order valence-corrected chi connectivity index (χ3v) is 4.73. The highest BCUT2D eigenvalue weighted by molar-refractivity contribution is 7.98. The van der Waals surface area contributed by atoms with Gasteiger partial charge < -0.3 is 10.2 Å². The Kier molecular flexibility index (Phi) is 5.27. The van der Waals surface area contributed by atoms with Crippen LogP contribution in [-0.4, -0.2) is 45.6 Å². The first-order chi connectivity index (χ1) is 11.3. The molecule has 1 N–H and O–H groups in total. The molecule has 0 radical (unpaired) electrons. The van der Waals surface area contributed by atoms with E-state index in [1.807, 2.05) is 18.4 Å². The molecule has 2 aromatic heterocycles. The van der Waals surface area contributed by atoms with Gasteiger partial charge in [-0.05, 0) is 37.7 Å². The van der Waals surface area contributed by atoms with Gasteiger partial charge >= 0.3 is 0 Å². The van der Waals surface area contributed by atoms with Crippen LogP contribution in [0, 0.1) is 0 Å². The number of hydrogen-bond acceptors (Lipinski definition) is 7. The Morgan fingerprint density at radius 3 is 2.70 bits per heavy atom. The topological polar surface area (TPSA) is 66.8 Å². The van der Waals surface area contributed by atoms with E-state index < -0.39 is 0 Å². The Bertz CT molecular complexity index is 625. The van der Waals surface area contributed by atoms with Crippen molar-refractivity contribution in [2.45, 2.75) is 37.3 Å². The van der Waals surface area contributed by atoms with E-state index in [0.29, 0.717) is 6.04 Å². The number of aryl methyl sites for hydroxylation is 1. The smallest absolute Gasteiger partial charge is 0.148 e. The first kappa shape index (κ1) is 16.0. The lowest BCUT2D eigenvalue weighted by Gasteiger charge is -2.33. The Morgan fingerprint density at radius 1 is 1.22 bits per heavy atom. The van der Waals surface area contributed by atoms with Crippen molar-refractivity contribution in [3.05, 3.63) is 30.2 Å². The number of rotatable bonds is 5. The second-order valence-electron chi connectivity index (χ2n) is 5.59. The van der Waals surface area contributed by atoms with Crippen LogP contribution in [0.15, 0.2) is 29.6 Å². The van der Waals surface area contributed by atoms with Gasteiger partial charge in [-0.25, -0.2) is 9.97 Å². The van der Waals surface area contributed by atoms with Gasteiger partial charge in [0.1, 0.15) is 23.0 Å². The van der Waals surface area contributed by atoms with E-state index in [0.717, 1.165) is 54.7 Å². The Balaban J connectivity index is 1.55. The molecule has 0 atom stereocenters. The van der Waals surface area contributed by atoms with Crippen molar-refractivity contribution in [1.82, 2.24) is 20.2 Å². The summed E-state index contributed by atoms with van der Waals surface area (Å²) >= 11 is 1.60. The number of hydrogen-bond donors (Lipinski definition) is 1. The molecule has 3 rings (SSSR count).